The number of amides is 2. The number of carbonyl (C=O) groups is 2. The van der Waals surface area contributed by atoms with Gasteiger partial charge in [0, 0.05) is 37.6 Å². The summed E-state index contributed by atoms with van der Waals surface area (Å²) < 4.78 is 13.2. The van der Waals surface area contributed by atoms with Gasteiger partial charge in [-0.15, -0.1) is 0 Å². The normalized spacial score (nSPS) is 14.2. The SMILES string of the molecule is Cc1nc(SCC(=O)N2CCN(CC(=O)Nc3cccc(F)c3)CC2)c(C#N)c(C)c1C. The van der Waals surface area contributed by atoms with Crippen molar-refractivity contribution in [1.82, 2.24) is 14.8 Å². The second-order valence-corrected chi connectivity index (χ2v) is 8.71. The minimum absolute atomic E-state index is 0.0135. The molecule has 0 saturated carbocycles. The number of hydrogen-bond acceptors (Lipinski definition) is 6. The number of aromatic nitrogens is 1. The summed E-state index contributed by atoms with van der Waals surface area (Å²) in [5, 5.41) is 12.8. The van der Waals surface area contributed by atoms with Crippen LogP contribution in [0.25, 0.3) is 0 Å². The Bertz CT molecular complexity index is 1060. The predicted octanol–water partition coefficient (Wildman–Crippen LogP) is 2.89. The number of piperazine rings is 1. The van der Waals surface area contributed by atoms with E-state index in [-0.39, 0.29) is 24.1 Å². The second kappa shape index (κ2) is 10.6. The van der Waals surface area contributed by atoms with Crippen LogP contribution in [-0.4, -0.2) is 65.1 Å². The van der Waals surface area contributed by atoms with E-state index in [1.54, 1.807) is 17.0 Å². The average Bonchev–Trinajstić information content (AvgIpc) is 2.76. The molecule has 3 rings (SSSR count). The zero-order chi connectivity index (χ0) is 23.3. The van der Waals surface area contributed by atoms with Gasteiger partial charge >= 0.3 is 0 Å². The number of hydrogen-bond donors (Lipinski definition) is 1. The first-order valence-electron chi connectivity index (χ1n) is 10.3. The highest BCUT2D eigenvalue weighted by Gasteiger charge is 2.23. The Kier molecular flexibility index (Phi) is 7.83. The summed E-state index contributed by atoms with van der Waals surface area (Å²) in [5.41, 5.74) is 3.71. The largest absolute Gasteiger partial charge is 0.339 e. The number of rotatable bonds is 6. The van der Waals surface area contributed by atoms with Gasteiger partial charge < -0.3 is 10.2 Å². The number of nitrogens with one attached hydrogen (secondary N) is 1. The Morgan fingerprint density at radius 3 is 2.56 bits per heavy atom. The fraction of sp³-hybridized carbons (Fsp3) is 0.391. The van der Waals surface area contributed by atoms with Gasteiger partial charge in [-0.3, -0.25) is 14.5 Å². The number of nitrogens with zero attached hydrogens (tertiary/aromatic N) is 4. The van der Waals surface area contributed by atoms with Crippen molar-refractivity contribution in [2.45, 2.75) is 25.8 Å². The number of pyridine rings is 1. The van der Waals surface area contributed by atoms with Crippen molar-refractivity contribution >= 4 is 29.3 Å². The van der Waals surface area contributed by atoms with Gasteiger partial charge in [-0.1, -0.05) is 17.8 Å². The number of nitriles is 1. The summed E-state index contributed by atoms with van der Waals surface area (Å²) in [6.07, 6.45) is 0. The Morgan fingerprint density at radius 2 is 1.91 bits per heavy atom. The van der Waals surface area contributed by atoms with Gasteiger partial charge in [-0.25, -0.2) is 9.37 Å². The van der Waals surface area contributed by atoms with E-state index in [1.807, 2.05) is 25.7 Å². The minimum Gasteiger partial charge on any atom is -0.339 e. The number of carbonyl (C=O) groups excluding carboxylic acids is 2. The van der Waals surface area contributed by atoms with Gasteiger partial charge in [0.25, 0.3) is 0 Å². The van der Waals surface area contributed by atoms with Crippen LogP contribution in [0.15, 0.2) is 29.3 Å². The van der Waals surface area contributed by atoms with Gasteiger partial charge in [0.15, 0.2) is 0 Å². The molecule has 0 spiro atoms. The van der Waals surface area contributed by atoms with Crippen molar-refractivity contribution in [2.24, 2.45) is 0 Å². The third kappa shape index (κ3) is 5.84. The molecule has 2 amide bonds. The van der Waals surface area contributed by atoms with Crippen LogP contribution in [0.4, 0.5) is 10.1 Å². The first-order valence-corrected chi connectivity index (χ1v) is 11.3. The van der Waals surface area contributed by atoms with Crippen molar-refractivity contribution in [3.8, 4) is 6.07 Å². The minimum atomic E-state index is -0.402. The van der Waals surface area contributed by atoms with E-state index in [4.69, 9.17) is 0 Å². The fourth-order valence-electron chi connectivity index (χ4n) is 3.49. The van der Waals surface area contributed by atoms with E-state index in [9.17, 15) is 19.2 Å². The lowest BCUT2D eigenvalue weighted by Crippen LogP contribution is -2.50. The smallest absolute Gasteiger partial charge is 0.238 e. The molecule has 1 saturated heterocycles. The molecular formula is C23H26FN5O2S. The molecule has 1 aromatic carbocycles. The molecular weight excluding hydrogens is 429 g/mol. The van der Waals surface area contributed by atoms with E-state index in [0.717, 1.165) is 16.8 Å². The summed E-state index contributed by atoms with van der Waals surface area (Å²) >= 11 is 1.29. The number of anilines is 1. The molecule has 7 nitrogen and oxygen atoms in total. The summed E-state index contributed by atoms with van der Waals surface area (Å²) in [7, 11) is 0. The van der Waals surface area contributed by atoms with Crippen molar-refractivity contribution in [1.29, 1.82) is 5.26 Å². The highest BCUT2D eigenvalue weighted by Crippen LogP contribution is 2.26. The standard InChI is InChI=1S/C23H26FN5O2S/c1-15-16(2)20(12-25)23(26-17(15)3)32-14-22(31)29-9-7-28(8-10-29)13-21(30)27-19-6-4-5-18(24)11-19/h4-6,11H,7-10,13-14H2,1-3H3,(H,27,30). The Labute approximate surface area is 191 Å². The molecule has 9 heteroatoms. The lowest BCUT2D eigenvalue weighted by Gasteiger charge is -2.34. The monoisotopic (exact) mass is 455 g/mol. The summed E-state index contributed by atoms with van der Waals surface area (Å²) in [6.45, 7) is 8.14. The van der Waals surface area contributed by atoms with Gasteiger partial charge in [-0.05, 0) is 50.1 Å². The van der Waals surface area contributed by atoms with Crippen molar-refractivity contribution in [3.05, 3.63) is 52.5 Å². The zero-order valence-electron chi connectivity index (χ0n) is 18.4. The first kappa shape index (κ1) is 23.7. The topological polar surface area (TPSA) is 89.3 Å². The molecule has 32 heavy (non-hydrogen) atoms. The fourth-order valence-corrected chi connectivity index (χ4v) is 4.48. The maximum absolute atomic E-state index is 13.2. The van der Waals surface area contributed by atoms with Crippen LogP contribution in [0, 0.1) is 37.9 Å². The van der Waals surface area contributed by atoms with Gasteiger partial charge in [0.05, 0.1) is 17.9 Å². The lowest BCUT2D eigenvalue weighted by molar-refractivity contribution is -0.130. The van der Waals surface area contributed by atoms with Crippen LogP contribution < -0.4 is 5.32 Å². The van der Waals surface area contributed by atoms with E-state index < -0.39 is 5.82 Å². The molecule has 1 aliphatic heterocycles. The molecule has 0 radical (unpaired) electrons. The zero-order valence-corrected chi connectivity index (χ0v) is 19.3. The van der Waals surface area contributed by atoms with Crippen molar-refractivity contribution in [3.63, 3.8) is 0 Å². The van der Waals surface area contributed by atoms with Gasteiger partial charge in [0.1, 0.15) is 16.9 Å². The number of aryl methyl sites for hydroxylation is 1. The van der Waals surface area contributed by atoms with Gasteiger partial charge in [-0.2, -0.15) is 5.26 Å². The molecule has 0 unspecified atom stereocenters. The quantitative estimate of drug-likeness (QED) is 0.674. The number of halogens is 1. The van der Waals surface area contributed by atoms with Crippen LogP contribution in [-0.2, 0) is 9.59 Å². The van der Waals surface area contributed by atoms with Crippen LogP contribution in [0.5, 0.6) is 0 Å². The molecule has 0 bridgehead atoms. The summed E-state index contributed by atoms with van der Waals surface area (Å²) in [4.78, 5) is 33.1. The van der Waals surface area contributed by atoms with Crippen LogP contribution >= 0.6 is 11.8 Å². The maximum Gasteiger partial charge on any atom is 0.238 e. The molecule has 0 aliphatic carbocycles. The molecule has 2 heterocycles. The Morgan fingerprint density at radius 1 is 1.19 bits per heavy atom. The van der Waals surface area contributed by atoms with E-state index in [2.05, 4.69) is 16.4 Å². The highest BCUT2D eigenvalue weighted by atomic mass is 32.2. The Balaban J connectivity index is 1.48. The summed E-state index contributed by atoms with van der Waals surface area (Å²) in [6, 6.07) is 7.98. The molecule has 1 fully saturated rings. The number of thioether (sulfide) groups is 1. The summed E-state index contributed by atoms with van der Waals surface area (Å²) in [5.74, 6) is -0.420. The average molecular weight is 456 g/mol. The molecule has 0 atom stereocenters. The van der Waals surface area contributed by atoms with E-state index >= 15 is 0 Å². The predicted molar refractivity (Wildman–Crippen MR) is 122 cm³/mol. The number of benzene rings is 1. The highest BCUT2D eigenvalue weighted by molar-refractivity contribution is 8.00. The maximum atomic E-state index is 13.2. The third-order valence-corrected chi connectivity index (χ3v) is 6.57. The van der Waals surface area contributed by atoms with Crippen molar-refractivity contribution in [2.75, 3.05) is 43.8 Å². The molecule has 2 aromatic rings. The molecule has 1 aromatic heterocycles. The van der Waals surface area contributed by atoms with Gasteiger partial charge in [0.2, 0.25) is 11.8 Å². The molecule has 168 valence electrons. The lowest BCUT2D eigenvalue weighted by atomic mass is 10.1. The second-order valence-electron chi connectivity index (χ2n) is 7.74. The van der Waals surface area contributed by atoms with Crippen LogP contribution in [0.1, 0.15) is 22.4 Å². The third-order valence-electron chi connectivity index (χ3n) is 5.61. The molecule has 1 aliphatic rings. The van der Waals surface area contributed by atoms with Crippen molar-refractivity contribution < 1.29 is 14.0 Å². The Hall–Kier alpha value is -2.96. The van der Waals surface area contributed by atoms with Crippen LogP contribution in [0.3, 0.4) is 0 Å². The van der Waals surface area contributed by atoms with Crippen LogP contribution in [0.2, 0.25) is 0 Å². The van der Waals surface area contributed by atoms with E-state index in [0.29, 0.717) is 42.5 Å². The first-order chi connectivity index (χ1) is 15.3. The van der Waals surface area contributed by atoms with E-state index in [1.165, 1.54) is 23.9 Å². The molecule has 1 N–H and O–H groups in total.